The largest absolute Gasteiger partial charge is 0.293 e. The van der Waals surface area contributed by atoms with E-state index in [2.05, 4.69) is 40.4 Å². The Labute approximate surface area is 127 Å². The second-order valence-electron chi connectivity index (χ2n) is 5.57. The number of fused-ring (bicyclic) bond motifs is 2. The zero-order valence-electron chi connectivity index (χ0n) is 12.4. The molecule has 2 heterocycles. The molecular weight excluding hydrogens is 274 g/mol. The molecule has 4 aromatic rings. The topological polar surface area (TPSA) is 50.2 Å². The molecule has 22 heavy (non-hydrogen) atoms. The summed E-state index contributed by atoms with van der Waals surface area (Å²) >= 11 is 0. The number of hydrogen-bond acceptors (Lipinski definition) is 2. The predicted octanol–water partition coefficient (Wildman–Crippen LogP) is 3.46. The minimum atomic E-state index is -0.0855. The van der Waals surface area contributed by atoms with Gasteiger partial charge >= 0.3 is 0 Å². The molecule has 4 nitrogen and oxygen atoms in total. The van der Waals surface area contributed by atoms with Crippen molar-refractivity contribution in [1.29, 1.82) is 0 Å². The first-order valence-corrected chi connectivity index (χ1v) is 7.21. The van der Waals surface area contributed by atoms with Crippen LogP contribution in [-0.2, 0) is 0 Å². The number of hydrogen-bond donors (Lipinski definition) is 1. The van der Waals surface area contributed by atoms with E-state index in [0.717, 1.165) is 22.5 Å². The number of aromatic nitrogens is 3. The Morgan fingerprint density at radius 1 is 1.00 bits per heavy atom. The van der Waals surface area contributed by atoms with Crippen LogP contribution in [0.4, 0.5) is 0 Å². The van der Waals surface area contributed by atoms with E-state index in [4.69, 9.17) is 0 Å². The van der Waals surface area contributed by atoms with Gasteiger partial charge in [-0.3, -0.25) is 9.89 Å². The van der Waals surface area contributed by atoms with Gasteiger partial charge in [-0.05, 0) is 36.2 Å². The Kier molecular flexibility index (Phi) is 2.66. The molecule has 0 aliphatic carbocycles. The van der Waals surface area contributed by atoms with Crippen molar-refractivity contribution < 1.29 is 0 Å². The molecule has 0 unspecified atom stereocenters. The summed E-state index contributed by atoms with van der Waals surface area (Å²) in [5, 5.41) is 5.48. The van der Waals surface area contributed by atoms with E-state index in [9.17, 15) is 4.79 Å². The van der Waals surface area contributed by atoms with Crippen molar-refractivity contribution in [3.8, 4) is 11.1 Å². The summed E-state index contributed by atoms with van der Waals surface area (Å²) in [6.45, 7) is 3.81. The lowest BCUT2D eigenvalue weighted by Crippen LogP contribution is -2.14. The fourth-order valence-corrected chi connectivity index (χ4v) is 2.95. The highest BCUT2D eigenvalue weighted by Crippen LogP contribution is 2.29. The molecule has 0 bridgehead atoms. The summed E-state index contributed by atoms with van der Waals surface area (Å²) in [6, 6.07) is 16.1. The molecule has 0 spiro atoms. The molecule has 108 valence electrons. The van der Waals surface area contributed by atoms with Crippen molar-refractivity contribution in [3.05, 3.63) is 70.3 Å². The van der Waals surface area contributed by atoms with Crippen LogP contribution in [0.15, 0.2) is 53.3 Å². The zero-order valence-corrected chi connectivity index (χ0v) is 12.4. The number of rotatable bonds is 1. The molecule has 4 rings (SSSR count). The van der Waals surface area contributed by atoms with E-state index in [1.807, 2.05) is 26.0 Å². The third kappa shape index (κ3) is 1.84. The normalized spacial score (nSPS) is 11.4. The van der Waals surface area contributed by atoms with Crippen molar-refractivity contribution in [1.82, 2.24) is 14.6 Å². The van der Waals surface area contributed by atoms with Gasteiger partial charge in [0.1, 0.15) is 0 Å². The summed E-state index contributed by atoms with van der Waals surface area (Å²) in [5.41, 5.74) is 4.30. The van der Waals surface area contributed by atoms with Crippen molar-refractivity contribution in [3.63, 3.8) is 0 Å². The molecule has 0 aliphatic rings. The predicted molar refractivity (Wildman–Crippen MR) is 88.2 cm³/mol. The van der Waals surface area contributed by atoms with Gasteiger partial charge in [-0.15, -0.1) is 0 Å². The van der Waals surface area contributed by atoms with Gasteiger partial charge in [0.15, 0.2) is 5.65 Å². The molecule has 0 atom stereocenters. The lowest BCUT2D eigenvalue weighted by molar-refractivity contribution is 0.873. The van der Waals surface area contributed by atoms with Crippen LogP contribution in [0.3, 0.4) is 0 Å². The maximum absolute atomic E-state index is 12.1. The molecular formula is C18H15N3O. The lowest BCUT2D eigenvalue weighted by atomic mass is 10.0. The molecule has 0 aliphatic heterocycles. The minimum Gasteiger partial charge on any atom is -0.293 e. The second kappa shape index (κ2) is 4.56. The van der Waals surface area contributed by atoms with Crippen molar-refractivity contribution in [2.24, 2.45) is 0 Å². The fraction of sp³-hybridized carbons (Fsp3) is 0.111. The quantitative estimate of drug-likeness (QED) is 0.583. The Bertz CT molecular complexity index is 1070. The van der Waals surface area contributed by atoms with E-state index in [1.54, 1.807) is 0 Å². The average Bonchev–Trinajstić information content (AvgIpc) is 2.83. The number of nitrogens with one attached hydrogen (secondary N) is 1. The summed E-state index contributed by atoms with van der Waals surface area (Å²) in [4.78, 5) is 16.6. The molecule has 0 radical (unpaired) electrons. The highest BCUT2D eigenvalue weighted by molar-refractivity contribution is 5.90. The van der Waals surface area contributed by atoms with Gasteiger partial charge in [0.2, 0.25) is 0 Å². The monoisotopic (exact) mass is 289 g/mol. The molecule has 2 aromatic carbocycles. The van der Waals surface area contributed by atoms with Crippen LogP contribution < -0.4 is 5.56 Å². The van der Waals surface area contributed by atoms with Gasteiger partial charge < -0.3 is 0 Å². The summed E-state index contributed by atoms with van der Waals surface area (Å²) in [7, 11) is 0. The zero-order chi connectivity index (χ0) is 15.3. The maximum Gasteiger partial charge on any atom is 0.272 e. The SMILES string of the molecule is Cc1cc(=O)n2[nH]c(C)c(-c3ccc4ccccc4c3)c2n1. The number of nitrogens with zero attached hydrogens (tertiary/aromatic N) is 2. The first-order valence-electron chi connectivity index (χ1n) is 7.21. The van der Waals surface area contributed by atoms with Crippen LogP contribution in [0.5, 0.6) is 0 Å². The lowest BCUT2D eigenvalue weighted by Gasteiger charge is -2.04. The third-order valence-electron chi connectivity index (χ3n) is 3.96. The van der Waals surface area contributed by atoms with E-state index in [-0.39, 0.29) is 5.56 Å². The minimum absolute atomic E-state index is 0.0855. The fourth-order valence-electron chi connectivity index (χ4n) is 2.95. The van der Waals surface area contributed by atoms with Crippen molar-refractivity contribution in [2.75, 3.05) is 0 Å². The van der Waals surface area contributed by atoms with Crippen LogP contribution in [0.1, 0.15) is 11.4 Å². The molecule has 4 heteroatoms. The van der Waals surface area contributed by atoms with E-state index >= 15 is 0 Å². The molecule has 0 amide bonds. The summed E-state index contributed by atoms with van der Waals surface area (Å²) in [5.74, 6) is 0. The average molecular weight is 289 g/mol. The van der Waals surface area contributed by atoms with Crippen molar-refractivity contribution >= 4 is 16.4 Å². The highest BCUT2D eigenvalue weighted by atomic mass is 16.1. The highest BCUT2D eigenvalue weighted by Gasteiger charge is 2.14. The Morgan fingerprint density at radius 2 is 1.77 bits per heavy atom. The standard InChI is InChI=1S/C18H15N3O/c1-11-9-16(22)21-18(19-11)17(12(2)20-21)15-8-7-13-5-3-4-6-14(13)10-15/h3-10,20H,1-2H3. The van der Waals surface area contributed by atoms with Crippen LogP contribution >= 0.6 is 0 Å². The first kappa shape index (κ1) is 12.8. The van der Waals surface area contributed by atoms with Gasteiger partial charge in [0.25, 0.3) is 5.56 Å². The van der Waals surface area contributed by atoms with Crippen LogP contribution in [0.25, 0.3) is 27.5 Å². The number of aryl methyl sites for hydroxylation is 2. The molecule has 0 fully saturated rings. The molecule has 1 N–H and O–H groups in total. The van der Waals surface area contributed by atoms with Gasteiger partial charge in [-0.25, -0.2) is 9.50 Å². The van der Waals surface area contributed by atoms with Crippen LogP contribution in [-0.4, -0.2) is 14.6 Å². The Morgan fingerprint density at radius 3 is 2.59 bits per heavy atom. The summed E-state index contributed by atoms with van der Waals surface area (Å²) in [6.07, 6.45) is 0. The smallest absolute Gasteiger partial charge is 0.272 e. The maximum atomic E-state index is 12.1. The number of H-pyrrole nitrogens is 1. The number of aromatic amines is 1. The summed E-state index contributed by atoms with van der Waals surface area (Å²) < 4.78 is 1.51. The Hall–Kier alpha value is -2.88. The number of benzene rings is 2. The second-order valence-corrected chi connectivity index (χ2v) is 5.57. The van der Waals surface area contributed by atoms with Gasteiger partial charge in [-0.2, -0.15) is 0 Å². The van der Waals surface area contributed by atoms with E-state index in [1.165, 1.54) is 21.4 Å². The van der Waals surface area contributed by atoms with Crippen LogP contribution in [0, 0.1) is 13.8 Å². The van der Waals surface area contributed by atoms with Gasteiger partial charge in [-0.1, -0.05) is 36.4 Å². The third-order valence-corrected chi connectivity index (χ3v) is 3.96. The van der Waals surface area contributed by atoms with E-state index < -0.39 is 0 Å². The van der Waals surface area contributed by atoms with E-state index in [0.29, 0.717) is 5.65 Å². The van der Waals surface area contributed by atoms with Gasteiger partial charge in [0, 0.05) is 23.0 Å². The molecule has 0 saturated heterocycles. The molecule has 0 saturated carbocycles. The van der Waals surface area contributed by atoms with Gasteiger partial charge in [0.05, 0.1) is 0 Å². The molecule has 2 aromatic heterocycles. The van der Waals surface area contributed by atoms with Crippen molar-refractivity contribution in [2.45, 2.75) is 13.8 Å². The first-order chi connectivity index (χ1) is 10.6. The Balaban J connectivity index is 2.07. The van der Waals surface area contributed by atoms with Crippen LogP contribution in [0.2, 0.25) is 0 Å².